The molecule has 0 aliphatic carbocycles. The van der Waals surface area contributed by atoms with Gasteiger partial charge in [-0.05, 0) is 42.8 Å². The van der Waals surface area contributed by atoms with Crippen LogP contribution in [0.5, 0.6) is 0 Å². The Morgan fingerprint density at radius 2 is 1.79 bits per heavy atom. The fraction of sp³-hybridized carbons (Fsp3) is 0.278. The number of anilines is 2. The summed E-state index contributed by atoms with van der Waals surface area (Å²) >= 11 is 0. The summed E-state index contributed by atoms with van der Waals surface area (Å²) in [7, 11) is -5.80. The zero-order valence-electron chi connectivity index (χ0n) is 16.2. The van der Waals surface area contributed by atoms with Crippen molar-refractivity contribution in [1.82, 2.24) is 4.72 Å². The Morgan fingerprint density at radius 3 is 2.45 bits per heavy atom. The molecule has 29 heavy (non-hydrogen) atoms. The van der Waals surface area contributed by atoms with Crippen molar-refractivity contribution >= 4 is 37.3 Å². The molecule has 2 aromatic carbocycles. The SMILES string of the molecule is COCCNS(=O)(=O)c1cccc(C(=O)Nc2ccc(C)c(NS(C)(=O)=O)c2)c1. The zero-order chi connectivity index (χ0) is 21.7. The predicted molar refractivity (Wildman–Crippen MR) is 111 cm³/mol. The molecular weight excluding hydrogens is 418 g/mol. The van der Waals surface area contributed by atoms with Gasteiger partial charge in [0.15, 0.2) is 0 Å². The summed E-state index contributed by atoms with van der Waals surface area (Å²) < 4.78 is 57.1. The standard InChI is InChI=1S/C18H23N3O6S2/c1-13-7-8-15(12-17(13)21-28(3,23)24)20-18(22)14-5-4-6-16(11-14)29(25,26)19-9-10-27-2/h4-8,11-12,19,21H,9-10H2,1-3H3,(H,20,22). The zero-order valence-corrected chi connectivity index (χ0v) is 17.9. The van der Waals surface area contributed by atoms with Gasteiger partial charge in [0.1, 0.15) is 0 Å². The quantitative estimate of drug-likeness (QED) is 0.506. The number of ether oxygens (including phenoxy) is 1. The molecule has 0 unspecified atom stereocenters. The van der Waals surface area contributed by atoms with Crippen molar-refractivity contribution in [1.29, 1.82) is 0 Å². The van der Waals surface area contributed by atoms with E-state index in [0.717, 1.165) is 6.26 Å². The van der Waals surface area contributed by atoms with Crippen molar-refractivity contribution in [3.05, 3.63) is 53.6 Å². The van der Waals surface area contributed by atoms with E-state index in [1.54, 1.807) is 19.1 Å². The van der Waals surface area contributed by atoms with Crippen LogP contribution >= 0.6 is 0 Å². The molecule has 0 bridgehead atoms. The predicted octanol–water partition coefficient (Wildman–Crippen LogP) is 1.54. The lowest BCUT2D eigenvalue weighted by atomic mass is 10.1. The van der Waals surface area contributed by atoms with Crippen molar-refractivity contribution in [2.75, 3.05) is 36.6 Å². The highest BCUT2D eigenvalue weighted by Crippen LogP contribution is 2.22. The monoisotopic (exact) mass is 441 g/mol. The van der Waals surface area contributed by atoms with Crippen LogP contribution in [0.3, 0.4) is 0 Å². The van der Waals surface area contributed by atoms with E-state index in [0.29, 0.717) is 16.9 Å². The van der Waals surface area contributed by atoms with Crippen LogP contribution in [0.1, 0.15) is 15.9 Å². The van der Waals surface area contributed by atoms with Crippen LogP contribution in [0.15, 0.2) is 47.4 Å². The van der Waals surface area contributed by atoms with Gasteiger partial charge in [0.25, 0.3) is 5.91 Å². The first kappa shape index (κ1) is 22.8. The lowest BCUT2D eigenvalue weighted by Gasteiger charge is -2.12. The van der Waals surface area contributed by atoms with E-state index in [1.165, 1.54) is 37.4 Å². The minimum atomic E-state index is -3.78. The number of rotatable bonds is 9. The van der Waals surface area contributed by atoms with Crippen LogP contribution in [-0.2, 0) is 24.8 Å². The summed E-state index contributed by atoms with van der Waals surface area (Å²) in [6.07, 6.45) is 1.03. The van der Waals surface area contributed by atoms with Gasteiger partial charge in [-0.3, -0.25) is 9.52 Å². The Labute approximate surface area is 170 Å². The highest BCUT2D eigenvalue weighted by atomic mass is 32.2. The number of aryl methyl sites for hydroxylation is 1. The summed E-state index contributed by atoms with van der Waals surface area (Å²) in [6, 6.07) is 10.3. The summed E-state index contributed by atoms with van der Waals surface area (Å²) in [5.41, 5.74) is 1.52. The first-order valence-electron chi connectivity index (χ1n) is 8.50. The highest BCUT2D eigenvalue weighted by molar-refractivity contribution is 7.92. The first-order chi connectivity index (χ1) is 13.5. The second-order valence-electron chi connectivity index (χ2n) is 6.28. The van der Waals surface area contributed by atoms with E-state index in [1.807, 2.05) is 0 Å². The lowest BCUT2D eigenvalue weighted by molar-refractivity contribution is 0.102. The number of sulfonamides is 2. The van der Waals surface area contributed by atoms with Crippen LogP contribution in [0.2, 0.25) is 0 Å². The molecule has 0 heterocycles. The Kier molecular flexibility index (Phi) is 7.36. The Balaban J connectivity index is 2.21. The molecule has 158 valence electrons. The van der Waals surface area contributed by atoms with E-state index < -0.39 is 26.0 Å². The van der Waals surface area contributed by atoms with Crippen LogP contribution < -0.4 is 14.8 Å². The van der Waals surface area contributed by atoms with Crippen LogP contribution in [0.4, 0.5) is 11.4 Å². The van der Waals surface area contributed by atoms with Crippen LogP contribution in [0, 0.1) is 6.92 Å². The molecule has 11 heteroatoms. The third kappa shape index (κ3) is 6.82. The van der Waals surface area contributed by atoms with Gasteiger partial charge < -0.3 is 10.1 Å². The first-order valence-corrected chi connectivity index (χ1v) is 11.9. The average Bonchev–Trinajstić information content (AvgIpc) is 2.63. The molecular formula is C18H23N3O6S2. The maximum absolute atomic E-state index is 12.6. The molecule has 1 amide bonds. The number of carbonyl (C=O) groups excluding carboxylic acids is 1. The van der Waals surface area contributed by atoms with Gasteiger partial charge >= 0.3 is 0 Å². The third-order valence-electron chi connectivity index (χ3n) is 3.80. The molecule has 0 aliphatic heterocycles. The maximum atomic E-state index is 12.6. The Morgan fingerprint density at radius 1 is 1.07 bits per heavy atom. The number of nitrogens with one attached hydrogen (secondary N) is 3. The number of hydrogen-bond acceptors (Lipinski definition) is 6. The maximum Gasteiger partial charge on any atom is 0.255 e. The molecule has 0 aliphatic rings. The van der Waals surface area contributed by atoms with Gasteiger partial charge in [-0.15, -0.1) is 0 Å². The molecule has 0 fully saturated rings. The molecule has 2 aromatic rings. The molecule has 0 saturated carbocycles. The summed E-state index contributed by atoms with van der Waals surface area (Å²) in [4.78, 5) is 12.5. The number of benzene rings is 2. The molecule has 0 saturated heterocycles. The minimum absolute atomic E-state index is 0.0513. The largest absolute Gasteiger partial charge is 0.383 e. The second kappa shape index (κ2) is 9.35. The fourth-order valence-corrected chi connectivity index (χ4v) is 4.06. The van der Waals surface area contributed by atoms with Crippen molar-refractivity contribution in [3.8, 4) is 0 Å². The van der Waals surface area contributed by atoms with Crippen molar-refractivity contribution in [3.63, 3.8) is 0 Å². The van der Waals surface area contributed by atoms with Crippen molar-refractivity contribution in [2.45, 2.75) is 11.8 Å². The number of carbonyl (C=O) groups is 1. The van der Waals surface area contributed by atoms with E-state index in [-0.39, 0.29) is 23.6 Å². The number of methoxy groups -OCH3 is 1. The topological polar surface area (TPSA) is 131 Å². The van der Waals surface area contributed by atoms with Crippen LogP contribution in [-0.4, -0.2) is 49.3 Å². The molecule has 0 spiro atoms. The highest BCUT2D eigenvalue weighted by Gasteiger charge is 2.16. The Hall–Kier alpha value is -2.47. The third-order valence-corrected chi connectivity index (χ3v) is 5.84. The van der Waals surface area contributed by atoms with Gasteiger partial charge in [-0.2, -0.15) is 0 Å². The molecule has 0 radical (unpaired) electrons. The summed E-state index contributed by atoms with van der Waals surface area (Å²) in [5, 5.41) is 2.63. The van der Waals surface area contributed by atoms with Crippen molar-refractivity contribution < 1.29 is 26.4 Å². The summed E-state index contributed by atoms with van der Waals surface area (Å²) in [6.45, 7) is 2.05. The molecule has 0 aromatic heterocycles. The Bertz CT molecular complexity index is 1100. The summed E-state index contributed by atoms with van der Waals surface area (Å²) in [5.74, 6) is -0.534. The van der Waals surface area contributed by atoms with E-state index in [2.05, 4.69) is 14.8 Å². The molecule has 9 nitrogen and oxygen atoms in total. The normalized spacial score (nSPS) is 11.8. The van der Waals surface area contributed by atoms with Crippen LogP contribution in [0.25, 0.3) is 0 Å². The average molecular weight is 442 g/mol. The van der Waals surface area contributed by atoms with E-state index in [9.17, 15) is 21.6 Å². The number of amides is 1. The van der Waals surface area contributed by atoms with Gasteiger partial charge in [0, 0.05) is 24.9 Å². The molecule has 0 atom stereocenters. The molecule has 3 N–H and O–H groups in total. The lowest BCUT2D eigenvalue weighted by Crippen LogP contribution is -2.27. The van der Waals surface area contributed by atoms with E-state index in [4.69, 9.17) is 4.74 Å². The number of hydrogen-bond donors (Lipinski definition) is 3. The fourth-order valence-electron chi connectivity index (χ4n) is 2.38. The van der Waals surface area contributed by atoms with Gasteiger partial charge in [-0.1, -0.05) is 12.1 Å². The smallest absolute Gasteiger partial charge is 0.255 e. The van der Waals surface area contributed by atoms with Gasteiger partial charge in [0.05, 0.1) is 23.4 Å². The second-order valence-corrected chi connectivity index (χ2v) is 9.79. The van der Waals surface area contributed by atoms with Gasteiger partial charge in [-0.25, -0.2) is 21.6 Å². The van der Waals surface area contributed by atoms with Crippen molar-refractivity contribution in [2.24, 2.45) is 0 Å². The van der Waals surface area contributed by atoms with Gasteiger partial charge in [0.2, 0.25) is 20.0 Å². The van der Waals surface area contributed by atoms with E-state index >= 15 is 0 Å². The minimum Gasteiger partial charge on any atom is -0.383 e. The molecule has 2 rings (SSSR count).